The Morgan fingerprint density at radius 3 is 2.07 bits per heavy atom. The van der Waals surface area contributed by atoms with Gasteiger partial charge in [0.2, 0.25) is 0 Å². The number of carboxylic acid groups (broad SMARTS) is 1. The highest BCUT2D eigenvalue weighted by Crippen LogP contribution is 2.22. The van der Waals surface area contributed by atoms with Gasteiger partial charge in [0.25, 0.3) is 6.17 Å². The van der Waals surface area contributed by atoms with Crippen LogP contribution in [-0.4, -0.2) is 29.3 Å². The average molecular weight is 206 g/mol. The molecule has 4 nitrogen and oxygen atoms in total. The molecule has 0 aromatic carbocycles. The first-order chi connectivity index (χ1) is 6.16. The maximum Gasteiger partial charge on any atom is 0.352 e. The average Bonchev–Trinajstić information content (AvgIpc) is 2.00. The van der Waals surface area contributed by atoms with Gasteiger partial charge in [-0.25, -0.2) is 14.0 Å². The molecule has 5 heteroatoms. The minimum Gasteiger partial charge on any atom is -0.479 e. The van der Waals surface area contributed by atoms with Crippen molar-refractivity contribution in [1.82, 2.24) is 0 Å². The largest absolute Gasteiger partial charge is 0.479 e. The zero-order chi connectivity index (χ0) is 11.5. The maximum atomic E-state index is 12.6. The van der Waals surface area contributed by atoms with Crippen LogP contribution < -0.4 is 0 Å². The number of hydrogen-bond acceptors (Lipinski definition) is 3. The van der Waals surface area contributed by atoms with Gasteiger partial charge in [0.1, 0.15) is 6.10 Å². The zero-order valence-electron chi connectivity index (χ0n) is 8.70. The molecule has 0 aliphatic carbocycles. The van der Waals surface area contributed by atoms with Gasteiger partial charge in [-0.05, 0) is 12.3 Å². The standard InChI is InChI=1S/C9H15FO4/c1-5(9(2,3)4)14-8(13)6(10)7(11)12/h5-6H,1-4H3,(H,11,12). The monoisotopic (exact) mass is 206 g/mol. The zero-order valence-corrected chi connectivity index (χ0v) is 8.70. The molecule has 0 amide bonds. The SMILES string of the molecule is CC(OC(=O)C(F)C(=O)O)C(C)(C)C. The third-order valence-corrected chi connectivity index (χ3v) is 1.94. The Hall–Kier alpha value is -1.13. The molecule has 2 atom stereocenters. The lowest BCUT2D eigenvalue weighted by Crippen LogP contribution is -2.35. The van der Waals surface area contributed by atoms with Crippen LogP contribution in [0, 0.1) is 5.41 Å². The molecule has 0 aliphatic rings. The van der Waals surface area contributed by atoms with E-state index in [1.807, 2.05) is 0 Å². The van der Waals surface area contributed by atoms with Gasteiger partial charge in [-0.2, -0.15) is 0 Å². The molecule has 1 N–H and O–H groups in total. The van der Waals surface area contributed by atoms with Crippen LogP contribution >= 0.6 is 0 Å². The Balaban J connectivity index is 4.27. The summed E-state index contributed by atoms with van der Waals surface area (Å²) in [4.78, 5) is 21.0. The molecule has 0 radical (unpaired) electrons. The predicted molar refractivity (Wildman–Crippen MR) is 47.5 cm³/mol. The van der Waals surface area contributed by atoms with Crippen LogP contribution in [0.5, 0.6) is 0 Å². The van der Waals surface area contributed by atoms with Crippen LogP contribution in [0.1, 0.15) is 27.7 Å². The van der Waals surface area contributed by atoms with Crippen molar-refractivity contribution in [3.8, 4) is 0 Å². The van der Waals surface area contributed by atoms with Gasteiger partial charge in [-0.1, -0.05) is 20.8 Å². The first-order valence-electron chi connectivity index (χ1n) is 4.23. The first-order valence-corrected chi connectivity index (χ1v) is 4.23. The van der Waals surface area contributed by atoms with E-state index in [1.54, 1.807) is 27.7 Å². The van der Waals surface area contributed by atoms with Crippen molar-refractivity contribution in [3.05, 3.63) is 0 Å². The predicted octanol–water partition coefficient (Wildman–Crippen LogP) is 1.39. The molecule has 0 aliphatic heterocycles. The Morgan fingerprint density at radius 2 is 1.79 bits per heavy atom. The summed E-state index contributed by atoms with van der Waals surface area (Å²) in [5, 5.41) is 8.19. The van der Waals surface area contributed by atoms with Crippen LogP contribution in [0.3, 0.4) is 0 Å². The smallest absolute Gasteiger partial charge is 0.352 e. The van der Waals surface area contributed by atoms with Crippen LogP contribution in [0.15, 0.2) is 0 Å². The van der Waals surface area contributed by atoms with Crippen LogP contribution in [0.25, 0.3) is 0 Å². The third kappa shape index (κ3) is 3.72. The van der Waals surface area contributed by atoms with Crippen LogP contribution in [-0.2, 0) is 14.3 Å². The summed E-state index contributed by atoms with van der Waals surface area (Å²) in [6, 6.07) is 0. The lowest BCUT2D eigenvalue weighted by molar-refractivity contribution is -0.166. The summed E-state index contributed by atoms with van der Waals surface area (Å²) in [7, 11) is 0. The number of alkyl halides is 1. The van der Waals surface area contributed by atoms with Gasteiger partial charge < -0.3 is 9.84 Å². The number of hydrogen-bond donors (Lipinski definition) is 1. The molecule has 14 heavy (non-hydrogen) atoms. The Kier molecular flexibility index (Phi) is 4.04. The molecule has 0 aromatic heterocycles. The van der Waals surface area contributed by atoms with E-state index in [0.717, 1.165) is 0 Å². The second-order valence-electron chi connectivity index (χ2n) is 4.15. The molecule has 0 saturated carbocycles. The van der Waals surface area contributed by atoms with Crippen molar-refractivity contribution in [1.29, 1.82) is 0 Å². The van der Waals surface area contributed by atoms with Gasteiger partial charge in [0.05, 0.1) is 0 Å². The number of carbonyl (C=O) groups is 2. The number of esters is 1. The summed E-state index contributed by atoms with van der Waals surface area (Å²) in [6.45, 7) is 7.00. The van der Waals surface area contributed by atoms with E-state index < -0.39 is 24.2 Å². The van der Waals surface area contributed by atoms with E-state index in [9.17, 15) is 14.0 Å². The molecular weight excluding hydrogens is 191 g/mol. The van der Waals surface area contributed by atoms with Crippen molar-refractivity contribution < 1.29 is 23.8 Å². The van der Waals surface area contributed by atoms with Crippen LogP contribution in [0.2, 0.25) is 0 Å². The van der Waals surface area contributed by atoms with Gasteiger partial charge in [0.15, 0.2) is 0 Å². The van der Waals surface area contributed by atoms with Crippen molar-refractivity contribution >= 4 is 11.9 Å². The van der Waals surface area contributed by atoms with Crippen LogP contribution in [0.4, 0.5) is 4.39 Å². The number of ether oxygens (including phenoxy) is 1. The van der Waals surface area contributed by atoms with E-state index in [0.29, 0.717) is 0 Å². The Bertz CT molecular complexity index is 231. The van der Waals surface area contributed by atoms with E-state index in [1.165, 1.54) is 0 Å². The van der Waals surface area contributed by atoms with Crippen molar-refractivity contribution in [2.24, 2.45) is 5.41 Å². The maximum absolute atomic E-state index is 12.6. The van der Waals surface area contributed by atoms with E-state index in [4.69, 9.17) is 5.11 Å². The summed E-state index contributed by atoms with van der Waals surface area (Å²) < 4.78 is 17.2. The molecule has 0 spiro atoms. The lowest BCUT2D eigenvalue weighted by atomic mass is 9.90. The fourth-order valence-electron chi connectivity index (χ4n) is 0.512. The molecule has 82 valence electrons. The first kappa shape index (κ1) is 12.9. The summed E-state index contributed by atoms with van der Waals surface area (Å²) in [5.41, 5.74) is -0.339. The molecule has 0 fully saturated rings. The third-order valence-electron chi connectivity index (χ3n) is 1.94. The summed E-state index contributed by atoms with van der Waals surface area (Å²) in [6.07, 6.45) is -3.13. The minimum absolute atomic E-state index is 0.339. The number of rotatable bonds is 3. The summed E-state index contributed by atoms with van der Waals surface area (Å²) >= 11 is 0. The normalized spacial score (nSPS) is 15.8. The van der Waals surface area contributed by atoms with E-state index in [-0.39, 0.29) is 5.41 Å². The number of halogens is 1. The van der Waals surface area contributed by atoms with E-state index in [2.05, 4.69) is 4.74 Å². The molecule has 0 aromatic rings. The van der Waals surface area contributed by atoms with Crippen molar-refractivity contribution in [2.75, 3.05) is 0 Å². The second-order valence-corrected chi connectivity index (χ2v) is 4.15. The number of carboxylic acids is 1. The van der Waals surface area contributed by atoms with Gasteiger partial charge in [0, 0.05) is 0 Å². The molecular formula is C9H15FO4. The van der Waals surface area contributed by atoms with Gasteiger partial charge in [-0.15, -0.1) is 0 Å². The highest BCUT2D eigenvalue weighted by molar-refractivity contribution is 5.96. The van der Waals surface area contributed by atoms with Crippen molar-refractivity contribution in [3.63, 3.8) is 0 Å². The summed E-state index contributed by atoms with van der Waals surface area (Å²) in [5.74, 6) is -3.17. The second kappa shape index (κ2) is 4.39. The van der Waals surface area contributed by atoms with Gasteiger partial charge in [-0.3, -0.25) is 0 Å². The fourth-order valence-corrected chi connectivity index (χ4v) is 0.512. The fraction of sp³-hybridized carbons (Fsp3) is 0.778. The Labute approximate surface area is 82.1 Å². The quantitative estimate of drug-likeness (QED) is 0.559. The highest BCUT2D eigenvalue weighted by Gasteiger charge is 2.31. The number of aliphatic carboxylic acids is 1. The lowest BCUT2D eigenvalue weighted by Gasteiger charge is -2.26. The molecule has 2 unspecified atom stereocenters. The molecule has 0 saturated heterocycles. The van der Waals surface area contributed by atoms with Crippen molar-refractivity contribution in [2.45, 2.75) is 40.0 Å². The van der Waals surface area contributed by atoms with E-state index >= 15 is 0 Å². The molecule has 0 heterocycles. The number of carbonyl (C=O) groups excluding carboxylic acids is 1. The molecule has 0 rings (SSSR count). The minimum atomic E-state index is -2.60. The highest BCUT2D eigenvalue weighted by atomic mass is 19.1. The Morgan fingerprint density at radius 1 is 1.36 bits per heavy atom. The van der Waals surface area contributed by atoms with Gasteiger partial charge >= 0.3 is 11.9 Å². The topological polar surface area (TPSA) is 63.6 Å². The molecule has 0 bridgehead atoms.